The van der Waals surface area contributed by atoms with Gasteiger partial charge in [0, 0.05) is 13.1 Å². The molecule has 0 saturated heterocycles. The average molecular weight is 180 g/mol. The van der Waals surface area contributed by atoms with Crippen molar-refractivity contribution in [3.05, 3.63) is 18.3 Å². The quantitative estimate of drug-likeness (QED) is 0.689. The Kier molecular flexibility index (Phi) is 2.60. The van der Waals surface area contributed by atoms with Gasteiger partial charge in [0.05, 0.1) is 11.4 Å². The number of nitrogens with zero attached hydrogens (tertiary/aromatic N) is 2. The molecule has 1 rings (SSSR count). The lowest BCUT2D eigenvalue weighted by Gasteiger charge is -2.11. The van der Waals surface area contributed by atoms with Crippen molar-refractivity contribution in [3.8, 4) is 0 Å². The van der Waals surface area contributed by atoms with Crippen LogP contribution in [0.3, 0.4) is 0 Å². The molecule has 0 aliphatic carbocycles. The Balaban J connectivity index is 2.93. The lowest BCUT2D eigenvalue weighted by molar-refractivity contribution is 0.753. The van der Waals surface area contributed by atoms with E-state index in [2.05, 4.69) is 17.0 Å². The lowest BCUT2D eigenvalue weighted by atomic mass is 10.3. The van der Waals surface area contributed by atoms with E-state index in [0.29, 0.717) is 5.69 Å². The molecule has 0 saturated carbocycles. The second-order valence-corrected chi connectivity index (χ2v) is 3.14. The molecule has 1 unspecified atom stereocenters. The maximum atomic E-state index is 5.83. The van der Waals surface area contributed by atoms with Crippen LogP contribution >= 0.6 is 0 Å². The van der Waals surface area contributed by atoms with Gasteiger partial charge < -0.3 is 11.1 Å². The van der Waals surface area contributed by atoms with Gasteiger partial charge in [-0.15, -0.1) is 6.58 Å². The molecule has 3 N–H and O–H groups in total. The zero-order valence-electron chi connectivity index (χ0n) is 8.33. The van der Waals surface area contributed by atoms with Crippen molar-refractivity contribution in [2.75, 3.05) is 11.1 Å². The highest BCUT2D eigenvalue weighted by Crippen LogP contribution is 2.21. The molecular weight excluding hydrogens is 164 g/mol. The van der Waals surface area contributed by atoms with Gasteiger partial charge in [-0.1, -0.05) is 6.08 Å². The second kappa shape index (κ2) is 3.51. The first-order valence-electron chi connectivity index (χ1n) is 4.24. The summed E-state index contributed by atoms with van der Waals surface area (Å²) in [5.41, 5.74) is 7.38. The summed E-state index contributed by atoms with van der Waals surface area (Å²) in [4.78, 5) is 0. The first-order chi connectivity index (χ1) is 6.06. The van der Waals surface area contributed by atoms with Gasteiger partial charge in [-0.3, -0.25) is 4.68 Å². The first-order valence-corrected chi connectivity index (χ1v) is 4.24. The number of nitrogen functional groups attached to an aromatic ring is 1. The number of nitrogens with one attached hydrogen (secondary N) is 1. The van der Waals surface area contributed by atoms with E-state index in [1.165, 1.54) is 0 Å². The van der Waals surface area contributed by atoms with Crippen molar-refractivity contribution in [2.24, 2.45) is 7.05 Å². The van der Waals surface area contributed by atoms with E-state index in [4.69, 9.17) is 5.73 Å². The van der Waals surface area contributed by atoms with Crippen LogP contribution in [0.1, 0.15) is 12.6 Å². The van der Waals surface area contributed by atoms with E-state index in [-0.39, 0.29) is 6.04 Å². The Morgan fingerprint density at radius 1 is 1.69 bits per heavy atom. The molecule has 1 heterocycles. The predicted octanol–water partition coefficient (Wildman–Crippen LogP) is 1.30. The first kappa shape index (κ1) is 9.64. The van der Waals surface area contributed by atoms with E-state index < -0.39 is 0 Å². The summed E-state index contributed by atoms with van der Waals surface area (Å²) in [7, 11) is 1.86. The monoisotopic (exact) mass is 180 g/mol. The van der Waals surface area contributed by atoms with Gasteiger partial charge in [-0.2, -0.15) is 5.10 Å². The van der Waals surface area contributed by atoms with Crippen molar-refractivity contribution < 1.29 is 0 Å². The van der Waals surface area contributed by atoms with Gasteiger partial charge in [0.2, 0.25) is 0 Å². The highest BCUT2D eigenvalue weighted by molar-refractivity contribution is 5.65. The lowest BCUT2D eigenvalue weighted by Crippen LogP contribution is -2.15. The molecule has 4 nitrogen and oxygen atoms in total. The van der Waals surface area contributed by atoms with Gasteiger partial charge in [0.1, 0.15) is 5.82 Å². The number of anilines is 2. The largest absolute Gasteiger partial charge is 0.394 e. The number of hydrogen-bond donors (Lipinski definition) is 2. The third-order valence-electron chi connectivity index (χ3n) is 1.99. The Labute approximate surface area is 78.4 Å². The van der Waals surface area contributed by atoms with Crippen molar-refractivity contribution in [1.82, 2.24) is 9.78 Å². The van der Waals surface area contributed by atoms with Crippen LogP contribution in [-0.2, 0) is 7.05 Å². The van der Waals surface area contributed by atoms with Crippen molar-refractivity contribution in [3.63, 3.8) is 0 Å². The smallest absolute Gasteiger partial charge is 0.148 e. The summed E-state index contributed by atoms with van der Waals surface area (Å²) in [5.74, 6) is 0.852. The standard InChI is InChI=1S/C9H16N4/c1-5-6(2)11-9-8(10)7(3)12-13(9)4/h5-6,11H,1,10H2,2-4H3. The molecule has 1 atom stereocenters. The molecule has 0 bridgehead atoms. The molecule has 1 aromatic heterocycles. The van der Waals surface area contributed by atoms with Gasteiger partial charge in [-0.25, -0.2) is 0 Å². The highest BCUT2D eigenvalue weighted by Gasteiger charge is 2.10. The number of hydrogen-bond acceptors (Lipinski definition) is 3. The predicted molar refractivity (Wildman–Crippen MR) is 55.6 cm³/mol. The van der Waals surface area contributed by atoms with Crippen molar-refractivity contribution >= 4 is 11.5 Å². The van der Waals surface area contributed by atoms with E-state index in [1.54, 1.807) is 4.68 Å². The van der Waals surface area contributed by atoms with Gasteiger partial charge in [0.15, 0.2) is 0 Å². The summed E-state index contributed by atoms with van der Waals surface area (Å²) in [6.07, 6.45) is 1.82. The molecule has 13 heavy (non-hydrogen) atoms. The van der Waals surface area contributed by atoms with E-state index in [1.807, 2.05) is 27.0 Å². The average Bonchev–Trinajstić information content (AvgIpc) is 2.32. The molecule has 0 spiro atoms. The van der Waals surface area contributed by atoms with Crippen molar-refractivity contribution in [1.29, 1.82) is 0 Å². The Morgan fingerprint density at radius 2 is 2.31 bits per heavy atom. The Hall–Kier alpha value is -1.45. The molecule has 0 radical (unpaired) electrons. The van der Waals surface area contributed by atoms with Gasteiger partial charge >= 0.3 is 0 Å². The van der Waals surface area contributed by atoms with Crippen molar-refractivity contribution in [2.45, 2.75) is 19.9 Å². The van der Waals surface area contributed by atoms with Gasteiger partial charge in [0.25, 0.3) is 0 Å². The van der Waals surface area contributed by atoms with Crippen LogP contribution in [0, 0.1) is 6.92 Å². The molecule has 0 fully saturated rings. The zero-order valence-corrected chi connectivity index (χ0v) is 8.33. The molecule has 72 valence electrons. The summed E-state index contributed by atoms with van der Waals surface area (Å²) in [5, 5.41) is 7.40. The second-order valence-electron chi connectivity index (χ2n) is 3.14. The topological polar surface area (TPSA) is 55.9 Å². The highest BCUT2D eigenvalue weighted by atomic mass is 15.3. The normalized spacial score (nSPS) is 12.5. The maximum absolute atomic E-state index is 5.83. The molecule has 1 aromatic rings. The number of nitrogens with two attached hydrogens (primary N) is 1. The van der Waals surface area contributed by atoms with Crippen LogP contribution in [0.25, 0.3) is 0 Å². The summed E-state index contributed by atoms with van der Waals surface area (Å²) in [6, 6.07) is 0.192. The van der Waals surface area contributed by atoms with Crippen LogP contribution in [0.15, 0.2) is 12.7 Å². The van der Waals surface area contributed by atoms with Crippen LogP contribution < -0.4 is 11.1 Å². The van der Waals surface area contributed by atoms with Gasteiger partial charge in [-0.05, 0) is 13.8 Å². The minimum absolute atomic E-state index is 0.192. The Bertz CT molecular complexity index is 314. The van der Waals surface area contributed by atoms with Crippen LogP contribution in [0.4, 0.5) is 11.5 Å². The number of rotatable bonds is 3. The third-order valence-corrected chi connectivity index (χ3v) is 1.99. The van der Waals surface area contributed by atoms with E-state index in [9.17, 15) is 0 Å². The zero-order chi connectivity index (χ0) is 10.0. The molecule has 0 aliphatic rings. The fourth-order valence-electron chi connectivity index (χ4n) is 1.12. The minimum atomic E-state index is 0.192. The molecule has 4 heteroatoms. The van der Waals surface area contributed by atoms with E-state index >= 15 is 0 Å². The fraction of sp³-hybridized carbons (Fsp3) is 0.444. The number of aromatic nitrogens is 2. The third kappa shape index (κ3) is 1.83. The SMILES string of the molecule is C=CC(C)Nc1c(N)c(C)nn1C. The summed E-state index contributed by atoms with van der Waals surface area (Å²) >= 11 is 0. The van der Waals surface area contributed by atoms with Crippen LogP contribution in [0.2, 0.25) is 0 Å². The van der Waals surface area contributed by atoms with Crippen LogP contribution in [-0.4, -0.2) is 15.8 Å². The minimum Gasteiger partial charge on any atom is -0.394 e. The fourth-order valence-corrected chi connectivity index (χ4v) is 1.12. The van der Waals surface area contributed by atoms with Crippen LogP contribution in [0.5, 0.6) is 0 Å². The Morgan fingerprint density at radius 3 is 2.69 bits per heavy atom. The summed E-state index contributed by atoms with van der Waals surface area (Å²) < 4.78 is 1.74. The van der Waals surface area contributed by atoms with E-state index in [0.717, 1.165) is 11.5 Å². The molecular formula is C9H16N4. The molecule has 0 amide bonds. The molecule has 0 aromatic carbocycles. The maximum Gasteiger partial charge on any atom is 0.148 e. The number of aryl methyl sites for hydroxylation is 2. The summed E-state index contributed by atoms with van der Waals surface area (Å²) in [6.45, 7) is 7.59. The molecule has 0 aliphatic heterocycles.